The van der Waals surface area contributed by atoms with Crippen molar-refractivity contribution in [2.45, 2.75) is 26.9 Å². The van der Waals surface area contributed by atoms with Crippen LogP contribution in [0.4, 0.5) is 0 Å². The molecule has 20 heavy (non-hydrogen) atoms. The molecule has 0 saturated carbocycles. The lowest BCUT2D eigenvalue weighted by molar-refractivity contribution is 0.0817. The summed E-state index contributed by atoms with van der Waals surface area (Å²) >= 11 is 5.90. The van der Waals surface area contributed by atoms with Crippen LogP contribution >= 0.6 is 11.6 Å². The molecule has 2 nitrogen and oxygen atoms in total. The van der Waals surface area contributed by atoms with E-state index in [-0.39, 0.29) is 5.78 Å². The highest BCUT2D eigenvalue weighted by atomic mass is 35.5. The van der Waals surface area contributed by atoms with Crippen molar-refractivity contribution in [1.82, 2.24) is 0 Å². The normalized spacial score (nSPS) is 12.0. The highest BCUT2D eigenvalue weighted by Crippen LogP contribution is 2.21. The molecule has 0 bridgehead atoms. The fraction of sp³-hybridized carbons (Fsp3) is 0.235. The molecule has 1 atom stereocenters. The largest absolute Gasteiger partial charge is 0.482 e. The summed E-state index contributed by atoms with van der Waals surface area (Å²) in [5.74, 6) is 0.658. The number of hydrogen-bond donors (Lipinski definition) is 0. The van der Waals surface area contributed by atoms with Gasteiger partial charge in [-0.25, -0.2) is 0 Å². The second kappa shape index (κ2) is 6.10. The molecule has 2 rings (SSSR count). The van der Waals surface area contributed by atoms with Crippen LogP contribution in [0.1, 0.15) is 28.4 Å². The van der Waals surface area contributed by atoms with Gasteiger partial charge in [0.1, 0.15) is 5.75 Å². The van der Waals surface area contributed by atoms with Crippen LogP contribution in [0.15, 0.2) is 42.5 Å². The Bertz CT molecular complexity index is 635. The van der Waals surface area contributed by atoms with Crippen molar-refractivity contribution in [1.29, 1.82) is 0 Å². The lowest BCUT2D eigenvalue weighted by atomic mass is 10.1. The fourth-order valence-electron chi connectivity index (χ4n) is 2.05. The maximum atomic E-state index is 12.3. The molecule has 0 aliphatic carbocycles. The van der Waals surface area contributed by atoms with Crippen LogP contribution in [-0.2, 0) is 0 Å². The third-order valence-corrected chi connectivity index (χ3v) is 3.35. The van der Waals surface area contributed by atoms with Gasteiger partial charge < -0.3 is 4.74 Å². The molecule has 0 fully saturated rings. The van der Waals surface area contributed by atoms with Crippen molar-refractivity contribution in [3.05, 3.63) is 64.2 Å². The van der Waals surface area contributed by atoms with E-state index >= 15 is 0 Å². The summed E-state index contributed by atoms with van der Waals surface area (Å²) in [6.45, 7) is 5.75. The molecule has 0 radical (unpaired) electrons. The van der Waals surface area contributed by atoms with Crippen molar-refractivity contribution >= 4 is 17.4 Å². The average Bonchev–Trinajstić information content (AvgIpc) is 2.41. The summed E-state index contributed by atoms with van der Waals surface area (Å²) in [7, 11) is 0. The number of carbonyl (C=O) groups is 1. The van der Waals surface area contributed by atoms with E-state index in [4.69, 9.17) is 16.3 Å². The minimum absolute atomic E-state index is 0.0764. The van der Waals surface area contributed by atoms with Gasteiger partial charge in [-0.05, 0) is 44.5 Å². The Kier molecular flexibility index (Phi) is 4.46. The maximum Gasteiger partial charge on any atom is 0.203 e. The van der Waals surface area contributed by atoms with Gasteiger partial charge in [-0.1, -0.05) is 41.4 Å². The van der Waals surface area contributed by atoms with Crippen molar-refractivity contribution in [2.75, 3.05) is 0 Å². The van der Waals surface area contributed by atoms with Crippen molar-refractivity contribution in [3.8, 4) is 5.75 Å². The third kappa shape index (κ3) is 3.40. The second-order valence-electron chi connectivity index (χ2n) is 4.90. The van der Waals surface area contributed by atoms with Gasteiger partial charge in [-0.3, -0.25) is 4.79 Å². The maximum absolute atomic E-state index is 12.3. The van der Waals surface area contributed by atoms with Crippen LogP contribution in [-0.4, -0.2) is 11.9 Å². The number of rotatable bonds is 4. The van der Waals surface area contributed by atoms with Crippen molar-refractivity contribution < 1.29 is 9.53 Å². The third-order valence-electron chi connectivity index (χ3n) is 3.11. The number of Topliss-reactive ketones (excluding diaryl/α,β-unsaturated/α-hetero) is 1. The number of ether oxygens (including phenoxy) is 1. The molecule has 0 amide bonds. The first-order chi connectivity index (χ1) is 9.47. The van der Waals surface area contributed by atoms with Gasteiger partial charge in [-0.2, -0.15) is 0 Å². The molecule has 0 heterocycles. The van der Waals surface area contributed by atoms with Gasteiger partial charge in [-0.15, -0.1) is 0 Å². The Hall–Kier alpha value is -1.80. The van der Waals surface area contributed by atoms with Gasteiger partial charge in [0.25, 0.3) is 0 Å². The summed E-state index contributed by atoms with van der Waals surface area (Å²) in [4.78, 5) is 12.3. The van der Waals surface area contributed by atoms with Crippen LogP contribution < -0.4 is 4.74 Å². The Morgan fingerprint density at radius 2 is 1.90 bits per heavy atom. The van der Waals surface area contributed by atoms with E-state index in [2.05, 4.69) is 0 Å². The molecule has 0 aliphatic rings. The van der Waals surface area contributed by atoms with Gasteiger partial charge in [0, 0.05) is 10.6 Å². The van der Waals surface area contributed by atoms with Gasteiger partial charge in [0.15, 0.2) is 6.10 Å². The molecular formula is C17H17ClO2. The van der Waals surface area contributed by atoms with Crippen LogP contribution in [0, 0.1) is 13.8 Å². The predicted octanol–water partition coefficient (Wildman–Crippen LogP) is 4.61. The molecule has 2 aromatic rings. The first-order valence-electron chi connectivity index (χ1n) is 6.51. The molecular weight excluding hydrogens is 272 g/mol. The summed E-state index contributed by atoms with van der Waals surface area (Å²) in [5.41, 5.74) is 2.76. The van der Waals surface area contributed by atoms with E-state index in [1.807, 2.05) is 32.0 Å². The van der Waals surface area contributed by atoms with Crippen LogP contribution in [0.2, 0.25) is 5.02 Å². The van der Waals surface area contributed by atoms with Crippen LogP contribution in [0.3, 0.4) is 0 Å². The number of ketones is 1. The van der Waals surface area contributed by atoms with E-state index in [1.165, 1.54) is 5.56 Å². The molecule has 2 aromatic carbocycles. The number of carbonyl (C=O) groups excluding carboxylic acids is 1. The Morgan fingerprint density at radius 3 is 2.55 bits per heavy atom. The monoisotopic (exact) mass is 288 g/mol. The number of aryl methyl sites for hydroxylation is 2. The topological polar surface area (TPSA) is 26.3 Å². The minimum Gasteiger partial charge on any atom is -0.482 e. The molecule has 104 valence electrons. The highest BCUT2D eigenvalue weighted by molar-refractivity contribution is 6.31. The average molecular weight is 289 g/mol. The summed E-state index contributed by atoms with van der Waals surface area (Å²) < 4.78 is 5.76. The lowest BCUT2D eigenvalue weighted by Gasteiger charge is -2.16. The van der Waals surface area contributed by atoms with Crippen LogP contribution in [0.25, 0.3) is 0 Å². The summed E-state index contributed by atoms with van der Waals surface area (Å²) in [5, 5.41) is 0.551. The molecule has 3 heteroatoms. The van der Waals surface area contributed by atoms with E-state index in [0.29, 0.717) is 10.6 Å². The zero-order valence-electron chi connectivity index (χ0n) is 11.8. The van der Waals surface area contributed by atoms with Gasteiger partial charge in [0.2, 0.25) is 5.78 Å². The van der Waals surface area contributed by atoms with E-state index < -0.39 is 6.10 Å². The molecule has 0 spiro atoms. The Balaban J connectivity index is 2.15. The fourth-order valence-corrected chi connectivity index (χ4v) is 2.24. The van der Waals surface area contributed by atoms with Gasteiger partial charge in [0.05, 0.1) is 0 Å². The minimum atomic E-state index is -0.546. The zero-order valence-corrected chi connectivity index (χ0v) is 12.6. The zero-order chi connectivity index (χ0) is 14.7. The Labute approximate surface area is 124 Å². The van der Waals surface area contributed by atoms with Crippen LogP contribution in [0.5, 0.6) is 5.75 Å². The number of benzene rings is 2. The molecule has 0 aliphatic heterocycles. The molecule has 0 aromatic heterocycles. The number of hydrogen-bond acceptors (Lipinski definition) is 2. The van der Waals surface area contributed by atoms with E-state index in [9.17, 15) is 4.79 Å². The SMILES string of the molecule is Cc1ccc(OC(C)C(=O)c2cccc(Cl)c2)c(C)c1. The predicted molar refractivity (Wildman–Crippen MR) is 81.8 cm³/mol. The molecule has 0 N–H and O–H groups in total. The Morgan fingerprint density at radius 1 is 1.15 bits per heavy atom. The van der Waals surface area contributed by atoms with Crippen molar-refractivity contribution in [3.63, 3.8) is 0 Å². The van der Waals surface area contributed by atoms with E-state index in [1.54, 1.807) is 31.2 Å². The molecule has 0 saturated heterocycles. The quantitative estimate of drug-likeness (QED) is 0.768. The first-order valence-corrected chi connectivity index (χ1v) is 6.89. The first kappa shape index (κ1) is 14.6. The molecule has 1 unspecified atom stereocenters. The number of halogens is 1. The van der Waals surface area contributed by atoms with Crippen molar-refractivity contribution in [2.24, 2.45) is 0 Å². The van der Waals surface area contributed by atoms with Gasteiger partial charge >= 0.3 is 0 Å². The second-order valence-corrected chi connectivity index (χ2v) is 5.34. The smallest absolute Gasteiger partial charge is 0.203 e. The highest BCUT2D eigenvalue weighted by Gasteiger charge is 2.17. The van der Waals surface area contributed by atoms with E-state index in [0.717, 1.165) is 11.3 Å². The summed E-state index contributed by atoms with van der Waals surface area (Å²) in [6, 6.07) is 12.8. The standard InChI is InChI=1S/C17H17ClO2/c1-11-7-8-16(12(2)9-11)20-13(3)17(19)14-5-4-6-15(18)10-14/h4-10,13H,1-3H3. The summed E-state index contributed by atoms with van der Waals surface area (Å²) in [6.07, 6.45) is -0.546. The lowest BCUT2D eigenvalue weighted by Crippen LogP contribution is -2.24.